The molecule has 0 radical (unpaired) electrons. The number of hydrogen-bond donors (Lipinski definition) is 1. The monoisotopic (exact) mass is 414 g/mol. The number of aryl methyl sites for hydroxylation is 1. The van der Waals surface area contributed by atoms with Crippen LogP contribution in [0.4, 0.5) is 5.69 Å². The molecule has 1 N–H and O–H groups in total. The summed E-state index contributed by atoms with van der Waals surface area (Å²) in [6, 6.07) is 23.3. The van der Waals surface area contributed by atoms with Crippen molar-refractivity contribution in [2.75, 3.05) is 11.9 Å². The maximum Gasteiger partial charge on any atom is 0.264 e. The lowest BCUT2D eigenvalue weighted by Crippen LogP contribution is -2.31. The maximum absolute atomic E-state index is 12.8. The van der Waals surface area contributed by atoms with Gasteiger partial charge >= 0.3 is 0 Å². The van der Waals surface area contributed by atoms with E-state index in [4.69, 9.17) is 0 Å². The van der Waals surface area contributed by atoms with Gasteiger partial charge in [0.1, 0.15) is 0 Å². The van der Waals surface area contributed by atoms with E-state index in [1.807, 2.05) is 73.7 Å². The van der Waals surface area contributed by atoms with E-state index in [1.54, 1.807) is 24.1 Å². The molecule has 0 fully saturated rings. The van der Waals surface area contributed by atoms with Crippen LogP contribution in [0.1, 0.15) is 27.0 Å². The van der Waals surface area contributed by atoms with Gasteiger partial charge in [-0.05, 0) is 42.3 Å². The number of rotatable bonds is 4. The average Bonchev–Trinajstić information content (AvgIpc) is 2.77. The number of fused-ring (bicyclic) bond motifs is 1. The second-order valence-corrected chi connectivity index (χ2v) is 8.32. The Hall–Kier alpha value is -3.31. The van der Waals surface area contributed by atoms with E-state index in [9.17, 15) is 9.59 Å². The second kappa shape index (κ2) is 8.59. The zero-order valence-electron chi connectivity index (χ0n) is 16.9. The Morgan fingerprint density at radius 2 is 1.77 bits per heavy atom. The summed E-state index contributed by atoms with van der Waals surface area (Å²) in [5.41, 5.74) is 4.50. The number of thioether (sulfide) groups is 1. The Morgan fingerprint density at radius 3 is 2.50 bits per heavy atom. The van der Waals surface area contributed by atoms with Crippen molar-refractivity contribution in [3.63, 3.8) is 0 Å². The van der Waals surface area contributed by atoms with Gasteiger partial charge in [-0.3, -0.25) is 9.59 Å². The predicted octanol–water partition coefficient (Wildman–Crippen LogP) is 5.03. The van der Waals surface area contributed by atoms with Crippen LogP contribution in [0.2, 0.25) is 0 Å². The van der Waals surface area contributed by atoms with Crippen LogP contribution in [0, 0.1) is 6.92 Å². The molecule has 2 amide bonds. The molecule has 1 aliphatic rings. The number of likely N-dealkylation sites (N-methyl/N-ethyl adjacent to an activating group) is 1. The van der Waals surface area contributed by atoms with E-state index >= 15 is 0 Å². The molecule has 0 saturated heterocycles. The minimum Gasteiger partial charge on any atom is -0.348 e. The Kier molecular flexibility index (Phi) is 5.72. The van der Waals surface area contributed by atoms with Crippen LogP contribution < -0.4 is 10.2 Å². The van der Waals surface area contributed by atoms with Gasteiger partial charge in [0.05, 0.1) is 10.6 Å². The molecule has 0 bridgehead atoms. The first-order valence-corrected chi connectivity index (χ1v) is 10.5. The summed E-state index contributed by atoms with van der Waals surface area (Å²) in [5, 5.41) is 2.95. The maximum atomic E-state index is 12.8. The third-order valence-corrected chi connectivity index (χ3v) is 6.07. The Bertz CT molecular complexity index is 1120. The quantitative estimate of drug-likeness (QED) is 0.609. The molecule has 0 unspecified atom stereocenters. The zero-order chi connectivity index (χ0) is 21.1. The summed E-state index contributed by atoms with van der Waals surface area (Å²) < 4.78 is 0. The third kappa shape index (κ3) is 4.31. The molecule has 0 atom stereocenters. The third-order valence-electron chi connectivity index (χ3n) is 4.99. The number of benzene rings is 3. The molecule has 3 aromatic carbocycles. The Labute approximate surface area is 180 Å². The lowest BCUT2D eigenvalue weighted by molar-refractivity contribution is -0.114. The molecule has 0 saturated carbocycles. The molecule has 0 spiro atoms. The van der Waals surface area contributed by atoms with E-state index in [0.717, 1.165) is 21.7 Å². The van der Waals surface area contributed by atoms with Crippen molar-refractivity contribution in [2.45, 2.75) is 18.4 Å². The highest BCUT2D eigenvalue weighted by Crippen LogP contribution is 2.41. The number of carbonyl (C=O) groups excluding carboxylic acids is 2. The van der Waals surface area contributed by atoms with Crippen molar-refractivity contribution in [2.24, 2.45) is 0 Å². The van der Waals surface area contributed by atoms with Gasteiger partial charge in [0.2, 0.25) is 0 Å². The summed E-state index contributed by atoms with van der Waals surface area (Å²) in [7, 11) is 1.74. The van der Waals surface area contributed by atoms with Gasteiger partial charge in [-0.2, -0.15) is 0 Å². The van der Waals surface area contributed by atoms with Gasteiger partial charge in [0, 0.05) is 24.1 Å². The van der Waals surface area contributed by atoms with E-state index in [1.165, 1.54) is 17.3 Å². The van der Waals surface area contributed by atoms with Crippen molar-refractivity contribution in [3.8, 4) is 0 Å². The largest absolute Gasteiger partial charge is 0.348 e. The van der Waals surface area contributed by atoms with Gasteiger partial charge in [-0.15, -0.1) is 0 Å². The van der Waals surface area contributed by atoms with Gasteiger partial charge < -0.3 is 10.2 Å². The number of anilines is 1. The van der Waals surface area contributed by atoms with Crippen molar-refractivity contribution in [1.82, 2.24) is 5.32 Å². The van der Waals surface area contributed by atoms with Crippen LogP contribution in [0.25, 0.3) is 6.08 Å². The highest BCUT2D eigenvalue weighted by Gasteiger charge is 2.27. The minimum atomic E-state index is -0.158. The first-order chi connectivity index (χ1) is 14.5. The normalized spacial score (nSPS) is 14.5. The molecule has 1 heterocycles. The van der Waals surface area contributed by atoms with Crippen LogP contribution in [-0.4, -0.2) is 18.9 Å². The average molecular weight is 415 g/mol. The van der Waals surface area contributed by atoms with E-state index in [0.29, 0.717) is 17.0 Å². The Balaban J connectivity index is 1.52. The van der Waals surface area contributed by atoms with Crippen molar-refractivity contribution in [3.05, 3.63) is 100.0 Å². The Morgan fingerprint density at radius 1 is 1.03 bits per heavy atom. The fourth-order valence-electron chi connectivity index (χ4n) is 3.23. The van der Waals surface area contributed by atoms with Crippen molar-refractivity contribution < 1.29 is 9.59 Å². The lowest BCUT2D eigenvalue weighted by atomic mass is 10.1. The van der Waals surface area contributed by atoms with Gasteiger partial charge in [0.15, 0.2) is 0 Å². The molecule has 0 aliphatic carbocycles. The smallest absolute Gasteiger partial charge is 0.264 e. The predicted molar refractivity (Wildman–Crippen MR) is 122 cm³/mol. The number of nitrogens with one attached hydrogen (secondary N) is 1. The molecular formula is C25H22N2O2S. The molecule has 0 aromatic heterocycles. The first kappa shape index (κ1) is 20.0. The number of nitrogens with zero attached hydrogens (tertiary/aromatic N) is 1. The van der Waals surface area contributed by atoms with Crippen LogP contribution in [-0.2, 0) is 11.3 Å². The summed E-state index contributed by atoms with van der Waals surface area (Å²) in [5.74, 6) is -0.233. The van der Waals surface area contributed by atoms with Gasteiger partial charge in [-0.1, -0.05) is 71.9 Å². The number of amides is 2. The lowest BCUT2D eigenvalue weighted by Gasteiger charge is -2.27. The molecular weight excluding hydrogens is 392 g/mol. The molecule has 1 aliphatic heterocycles. The topological polar surface area (TPSA) is 49.4 Å². The van der Waals surface area contributed by atoms with Gasteiger partial charge in [0.25, 0.3) is 11.8 Å². The highest BCUT2D eigenvalue weighted by molar-refractivity contribution is 8.04. The van der Waals surface area contributed by atoms with Crippen LogP contribution >= 0.6 is 11.8 Å². The van der Waals surface area contributed by atoms with Crippen LogP contribution in [0.3, 0.4) is 0 Å². The molecule has 3 aromatic rings. The van der Waals surface area contributed by atoms with Crippen molar-refractivity contribution >= 4 is 35.3 Å². The molecule has 4 nitrogen and oxygen atoms in total. The summed E-state index contributed by atoms with van der Waals surface area (Å²) in [6.07, 6.45) is 1.90. The summed E-state index contributed by atoms with van der Waals surface area (Å²) in [4.78, 5) is 28.7. The second-order valence-electron chi connectivity index (χ2n) is 7.24. The fraction of sp³-hybridized carbons (Fsp3) is 0.120. The minimum absolute atomic E-state index is 0.0754. The van der Waals surface area contributed by atoms with E-state index < -0.39 is 0 Å². The molecule has 5 heteroatoms. The first-order valence-electron chi connectivity index (χ1n) is 9.72. The van der Waals surface area contributed by atoms with Gasteiger partial charge in [-0.25, -0.2) is 0 Å². The van der Waals surface area contributed by atoms with E-state index in [-0.39, 0.29) is 11.8 Å². The van der Waals surface area contributed by atoms with Crippen LogP contribution in [0.15, 0.2) is 82.6 Å². The van der Waals surface area contributed by atoms with E-state index in [2.05, 4.69) is 5.32 Å². The number of carbonyl (C=O) groups is 2. The van der Waals surface area contributed by atoms with Crippen LogP contribution in [0.5, 0.6) is 0 Å². The summed E-state index contributed by atoms with van der Waals surface area (Å²) >= 11 is 1.43. The highest BCUT2D eigenvalue weighted by atomic mass is 32.2. The number of hydrogen-bond acceptors (Lipinski definition) is 3. The summed E-state index contributed by atoms with van der Waals surface area (Å²) in [6.45, 7) is 2.50. The molecule has 4 rings (SSSR count). The molecule has 30 heavy (non-hydrogen) atoms. The SMILES string of the molecule is Cc1ccc(CNC(=O)c2ccc3c(c2)N(C)C(=O)/C(=C\c2ccccc2)S3)cc1. The zero-order valence-corrected chi connectivity index (χ0v) is 17.7. The van der Waals surface area contributed by atoms with Crippen molar-refractivity contribution in [1.29, 1.82) is 0 Å². The molecule has 150 valence electrons. The fourth-order valence-corrected chi connectivity index (χ4v) is 4.32. The standard InChI is InChI=1S/C25H22N2O2S/c1-17-8-10-19(11-9-17)16-26-24(28)20-12-13-22-21(15-20)27(2)25(29)23(30-22)14-18-6-4-3-5-7-18/h3-15H,16H2,1-2H3,(H,26,28)/b23-14+.